The van der Waals surface area contributed by atoms with Crippen LogP contribution in [0.5, 0.6) is 0 Å². The molecule has 1 fully saturated rings. The van der Waals surface area contributed by atoms with Gasteiger partial charge in [-0.15, -0.1) is 11.8 Å². The zero-order valence-electron chi connectivity index (χ0n) is 17.0. The molecule has 164 valence electrons. The van der Waals surface area contributed by atoms with E-state index in [2.05, 4.69) is 38.5 Å². The fraction of sp³-hybridized carbons (Fsp3) is 0.364. The smallest absolute Gasteiger partial charge is 0.234 e. The van der Waals surface area contributed by atoms with Crippen LogP contribution in [-0.4, -0.2) is 53.4 Å². The molecule has 0 radical (unpaired) electrons. The van der Waals surface area contributed by atoms with Gasteiger partial charge in [-0.05, 0) is 49.7 Å². The highest BCUT2D eigenvalue weighted by molar-refractivity contribution is 9.10. The maximum absolute atomic E-state index is 13.4. The summed E-state index contributed by atoms with van der Waals surface area (Å²) in [6.07, 6.45) is 1.81. The van der Waals surface area contributed by atoms with Crippen LogP contribution >= 0.6 is 27.7 Å². The second-order valence-electron chi connectivity index (χ2n) is 7.85. The van der Waals surface area contributed by atoms with Crippen LogP contribution in [0.25, 0.3) is 0 Å². The molecule has 2 aliphatic heterocycles. The molecule has 31 heavy (non-hydrogen) atoms. The number of carbonyl (C=O) groups excluding carboxylic acids is 1. The maximum atomic E-state index is 13.4. The van der Waals surface area contributed by atoms with Crippen LogP contribution in [0.1, 0.15) is 18.4 Å². The Labute approximate surface area is 192 Å². The number of rotatable bonds is 5. The van der Waals surface area contributed by atoms with Crippen molar-refractivity contribution in [3.63, 3.8) is 0 Å². The van der Waals surface area contributed by atoms with Crippen molar-refractivity contribution in [1.29, 1.82) is 0 Å². The summed E-state index contributed by atoms with van der Waals surface area (Å²) in [5.41, 5.74) is 1.87. The molecule has 2 heterocycles. The first-order valence-corrected chi connectivity index (χ1v) is 11.9. The normalized spacial score (nSPS) is 20.6. The second kappa shape index (κ2) is 9.36. The summed E-state index contributed by atoms with van der Waals surface area (Å²) in [6.45, 7) is 1.91. The van der Waals surface area contributed by atoms with Crippen molar-refractivity contribution < 1.29 is 13.6 Å². The van der Waals surface area contributed by atoms with Gasteiger partial charge < -0.3 is 10.2 Å². The molecule has 0 aromatic heterocycles. The van der Waals surface area contributed by atoms with Crippen molar-refractivity contribution >= 4 is 45.0 Å². The van der Waals surface area contributed by atoms with Crippen LogP contribution in [0.4, 0.5) is 14.5 Å². The third-order valence-electron chi connectivity index (χ3n) is 5.52. The molecule has 0 saturated carbocycles. The Bertz CT molecular complexity index is 994. The highest BCUT2D eigenvalue weighted by Gasteiger charge is 2.42. The van der Waals surface area contributed by atoms with Gasteiger partial charge in [-0.3, -0.25) is 15.1 Å². The minimum absolute atomic E-state index is 0.139. The van der Waals surface area contributed by atoms with Crippen molar-refractivity contribution in [2.75, 3.05) is 31.2 Å². The highest BCUT2D eigenvalue weighted by Crippen LogP contribution is 2.34. The minimum atomic E-state index is -0.989. The van der Waals surface area contributed by atoms with Crippen LogP contribution < -0.4 is 10.6 Å². The first-order valence-electron chi connectivity index (χ1n) is 10.0. The highest BCUT2D eigenvalue weighted by atomic mass is 79.9. The van der Waals surface area contributed by atoms with E-state index in [0.29, 0.717) is 0 Å². The Hall–Kier alpha value is -1.81. The van der Waals surface area contributed by atoms with Crippen LogP contribution in [0.2, 0.25) is 0 Å². The molecule has 1 saturated heterocycles. The van der Waals surface area contributed by atoms with Crippen LogP contribution in [0, 0.1) is 11.6 Å². The first kappa shape index (κ1) is 22.4. The number of aliphatic imine (C=N–C) groups is 1. The minimum Gasteiger partial charge on any atom is -0.325 e. The van der Waals surface area contributed by atoms with Gasteiger partial charge in [0.15, 0.2) is 11.6 Å². The van der Waals surface area contributed by atoms with Crippen molar-refractivity contribution in [2.45, 2.75) is 23.9 Å². The Kier molecular flexibility index (Phi) is 6.76. The molecule has 1 amide bonds. The van der Waals surface area contributed by atoms with E-state index in [1.165, 1.54) is 17.8 Å². The Morgan fingerprint density at radius 2 is 1.94 bits per heavy atom. The zero-order valence-corrected chi connectivity index (χ0v) is 19.4. The van der Waals surface area contributed by atoms with E-state index >= 15 is 0 Å². The summed E-state index contributed by atoms with van der Waals surface area (Å²) in [5.74, 6) is -2.06. The Balaban J connectivity index is 1.46. The fourth-order valence-corrected chi connectivity index (χ4v) is 5.07. The number of carbonyl (C=O) groups is 1. The number of amides is 1. The van der Waals surface area contributed by atoms with E-state index in [4.69, 9.17) is 4.99 Å². The maximum Gasteiger partial charge on any atom is 0.234 e. The first-order chi connectivity index (χ1) is 14.8. The number of anilines is 1. The van der Waals surface area contributed by atoms with Crippen LogP contribution in [0.3, 0.4) is 0 Å². The molecule has 2 N–H and O–H groups in total. The summed E-state index contributed by atoms with van der Waals surface area (Å²) >= 11 is 4.91. The summed E-state index contributed by atoms with van der Waals surface area (Å²) in [4.78, 5) is 19.8. The summed E-state index contributed by atoms with van der Waals surface area (Å²) in [7, 11) is 2.11. The quantitative estimate of drug-likeness (QED) is 0.634. The molecule has 0 bridgehead atoms. The Morgan fingerprint density at radius 1 is 1.23 bits per heavy atom. The van der Waals surface area contributed by atoms with Crippen LogP contribution in [0.15, 0.2) is 51.9 Å². The van der Waals surface area contributed by atoms with Crippen molar-refractivity contribution in [1.82, 2.24) is 10.2 Å². The van der Waals surface area contributed by atoms with Crippen molar-refractivity contribution in [2.24, 2.45) is 4.99 Å². The van der Waals surface area contributed by atoms with E-state index in [1.54, 1.807) is 0 Å². The van der Waals surface area contributed by atoms with Gasteiger partial charge in [0.25, 0.3) is 0 Å². The van der Waals surface area contributed by atoms with E-state index < -0.39 is 11.6 Å². The number of thioether (sulfide) groups is 1. The molecule has 0 aliphatic carbocycles. The number of nitrogens with one attached hydrogen (secondary N) is 2. The van der Waals surface area contributed by atoms with Gasteiger partial charge in [-0.25, -0.2) is 8.78 Å². The molecule has 1 spiro atoms. The molecular weight excluding hydrogens is 486 g/mol. The van der Waals surface area contributed by atoms with E-state index in [1.807, 2.05) is 24.3 Å². The van der Waals surface area contributed by atoms with Gasteiger partial charge in [-0.2, -0.15) is 0 Å². The van der Waals surface area contributed by atoms with Gasteiger partial charge in [0.2, 0.25) is 5.91 Å². The average molecular weight is 509 g/mol. The number of piperidine rings is 1. The largest absolute Gasteiger partial charge is 0.325 e. The van der Waals surface area contributed by atoms with Crippen LogP contribution in [-0.2, 0) is 4.79 Å². The average Bonchev–Trinajstić information content (AvgIpc) is 3.10. The molecule has 9 heteroatoms. The van der Waals surface area contributed by atoms with E-state index in [0.717, 1.165) is 53.8 Å². The molecule has 4 rings (SSSR count). The summed E-state index contributed by atoms with van der Waals surface area (Å²) in [5, 5.41) is 6.14. The number of benzene rings is 2. The van der Waals surface area contributed by atoms with Gasteiger partial charge in [-0.1, -0.05) is 28.1 Å². The number of halogens is 3. The monoisotopic (exact) mass is 508 g/mol. The predicted octanol–water partition coefficient (Wildman–Crippen LogP) is 4.24. The summed E-state index contributed by atoms with van der Waals surface area (Å²) in [6, 6.07) is 11.3. The predicted molar refractivity (Wildman–Crippen MR) is 125 cm³/mol. The third kappa shape index (κ3) is 5.34. The van der Waals surface area contributed by atoms with Gasteiger partial charge in [0, 0.05) is 29.3 Å². The molecule has 1 atom stereocenters. The standard InChI is InChI=1S/C22H23BrF2N4OS/c1-29-10-8-22(9-11-29)27-20(14-2-4-15(23)5-3-14)21(28-22)31-13-19(30)26-16-6-7-17(24)18(25)12-16/h2-7,12,21,28H,8-11,13H2,1H3,(H,26,30). The van der Waals surface area contributed by atoms with Gasteiger partial charge >= 0.3 is 0 Å². The number of hydrogen-bond donors (Lipinski definition) is 2. The lowest BCUT2D eigenvalue weighted by atomic mass is 9.99. The number of hydrogen-bond acceptors (Lipinski definition) is 5. The molecule has 1 unspecified atom stereocenters. The van der Waals surface area contributed by atoms with E-state index in [-0.39, 0.29) is 28.4 Å². The second-order valence-corrected chi connectivity index (χ2v) is 9.86. The van der Waals surface area contributed by atoms with E-state index in [9.17, 15) is 13.6 Å². The number of nitrogens with zero attached hydrogens (tertiary/aromatic N) is 2. The fourth-order valence-electron chi connectivity index (χ4n) is 3.77. The van der Waals surface area contributed by atoms with Gasteiger partial charge in [0.05, 0.1) is 16.8 Å². The zero-order chi connectivity index (χ0) is 22.0. The molecular formula is C22H23BrF2N4OS. The lowest BCUT2D eigenvalue weighted by Gasteiger charge is -2.36. The van der Waals surface area contributed by atoms with Crippen molar-refractivity contribution in [3.8, 4) is 0 Å². The molecule has 2 aromatic carbocycles. The summed E-state index contributed by atoms with van der Waals surface area (Å²) < 4.78 is 27.5. The lowest BCUT2D eigenvalue weighted by molar-refractivity contribution is -0.113. The van der Waals surface area contributed by atoms with Crippen molar-refractivity contribution in [3.05, 3.63) is 64.1 Å². The third-order valence-corrected chi connectivity index (χ3v) is 7.15. The molecule has 2 aliphatic rings. The SMILES string of the molecule is CN1CCC2(CC1)N=C(c1ccc(Br)cc1)C(SCC(=O)Nc1ccc(F)c(F)c1)N2. The number of likely N-dealkylation sites (tertiary alicyclic amines) is 1. The Morgan fingerprint density at radius 3 is 2.61 bits per heavy atom. The molecule has 5 nitrogen and oxygen atoms in total. The molecule has 2 aromatic rings. The van der Waals surface area contributed by atoms with Gasteiger partial charge in [0.1, 0.15) is 5.66 Å². The lowest BCUT2D eigenvalue weighted by Crippen LogP contribution is -2.51. The topological polar surface area (TPSA) is 56.7 Å².